The van der Waals surface area contributed by atoms with Gasteiger partial charge in [-0.25, -0.2) is 4.98 Å². The molecule has 2 aliphatic rings. The molecule has 2 aromatic rings. The lowest BCUT2D eigenvalue weighted by atomic mass is 9.92. The average molecular weight is 1000 g/mol. The Morgan fingerprint density at radius 2 is 1.70 bits per heavy atom. The van der Waals surface area contributed by atoms with Crippen LogP contribution in [-0.4, -0.2) is 136 Å². The number of anilines is 1. The lowest BCUT2D eigenvalue weighted by molar-refractivity contribution is -0.149. The summed E-state index contributed by atoms with van der Waals surface area (Å²) in [5, 5.41) is 19.9. The van der Waals surface area contributed by atoms with Gasteiger partial charge < -0.3 is 34.9 Å². The number of esters is 1. The summed E-state index contributed by atoms with van der Waals surface area (Å²) in [6.07, 6.45) is 4.26. The Morgan fingerprint density at radius 1 is 1.01 bits per heavy atom. The second kappa shape index (κ2) is 25.2. The van der Waals surface area contributed by atoms with E-state index in [9.17, 15) is 56.4 Å². The third kappa shape index (κ3) is 16.4. The smallest absolute Gasteiger partial charge is 0.446 e. The van der Waals surface area contributed by atoms with E-state index in [1.807, 2.05) is 39.6 Å². The number of nitrogens with one attached hydrogen (secondary N) is 3. The summed E-state index contributed by atoms with van der Waals surface area (Å²) < 4.78 is 43.2. The number of hydrogen-bond donors (Lipinski definition) is 5. The normalized spacial score (nSPS) is 17.9. The highest BCUT2D eigenvalue weighted by Gasteiger charge is 2.37. The molecule has 21 nitrogen and oxygen atoms in total. The molecule has 6 amide bonds. The van der Waals surface area contributed by atoms with Crippen LogP contribution in [0.1, 0.15) is 120 Å². The van der Waals surface area contributed by atoms with Crippen molar-refractivity contribution >= 4 is 74.8 Å². The number of rotatable bonds is 25. The van der Waals surface area contributed by atoms with Crippen molar-refractivity contribution in [3.05, 3.63) is 52.0 Å². The number of nitrogens with zero attached hydrogens (tertiary/aromatic N) is 4. The van der Waals surface area contributed by atoms with Gasteiger partial charge in [-0.3, -0.25) is 52.7 Å². The molecule has 7 atom stereocenters. The number of carbonyl (C=O) groups excluding carboxylic acids is 7. The number of aromatic nitrogens is 1. The van der Waals surface area contributed by atoms with E-state index in [0.29, 0.717) is 18.4 Å². The fourth-order valence-electron chi connectivity index (χ4n) is 8.27. The van der Waals surface area contributed by atoms with Crippen LogP contribution in [0.3, 0.4) is 0 Å². The van der Waals surface area contributed by atoms with Gasteiger partial charge in [0.15, 0.2) is 11.9 Å². The van der Waals surface area contributed by atoms with Crippen molar-refractivity contribution in [2.75, 3.05) is 32.5 Å². The van der Waals surface area contributed by atoms with Gasteiger partial charge >= 0.3 is 22.3 Å². The number of likely N-dealkylation sites (tertiary alicyclic amines) is 1. The van der Waals surface area contributed by atoms with Gasteiger partial charge in [-0.2, -0.15) is 8.42 Å². The molecule has 1 aromatic heterocycles. The van der Waals surface area contributed by atoms with Crippen LogP contribution in [0, 0.1) is 17.8 Å². The van der Waals surface area contributed by atoms with Crippen molar-refractivity contribution in [2.45, 2.75) is 130 Å². The van der Waals surface area contributed by atoms with Gasteiger partial charge in [0.2, 0.25) is 17.7 Å². The van der Waals surface area contributed by atoms with E-state index in [4.69, 9.17) is 4.74 Å². The van der Waals surface area contributed by atoms with E-state index in [1.54, 1.807) is 11.9 Å². The first-order valence-electron chi connectivity index (χ1n) is 23.0. The number of carbonyl (C=O) groups is 8. The van der Waals surface area contributed by atoms with Crippen molar-refractivity contribution in [1.29, 1.82) is 0 Å². The van der Waals surface area contributed by atoms with Crippen molar-refractivity contribution < 1.29 is 65.4 Å². The Kier molecular flexibility index (Phi) is 20.4. The molecule has 0 aliphatic carbocycles. The zero-order chi connectivity index (χ0) is 51.3. The lowest BCUT2D eigenvalue weighted by Crippen LogP contribution is -2.58. The Balaban J connectivity index is 1.54. The number of ether oxygens (including phenoxy) is 1. The number of likely N-dealkylation sites (N-methyl/N-ethyl adjacent to an activating group) is 2. The maximum atomic E-state index is 14.3. The van der Waals surface area contributed by atoms with Crippen LogP contribution in [0.15, 0.2) is 35.7 Å². The molecule has 1 unspecified atom stereocenters. The molecule has 5 N–H and O–H groups in total. The summed E-state index contributed by atoms with van der Waals surface area (Å²) in [5.74, 6) is -6.45. The van der Waals surface area contributed by atoms with Gasteiger partial charge in [-0.15, -0.1) is 11.3 Å². The highest BCUT2D eigenvalue weighted by molar-refractivity contribution is 7.81. The zero-order valence-corrected chi connectivity index (χ0v) is 41.9. The summed E-state index contributed by atoms with van der Waals surface area (Å²) in [5.41, 5.74) is 0.108. The third-order valence-corrected chi connectivity index (χ3v) is 13.7. The van der Waals surface area contributed by atoms with Crippen LogP contribution >= 0.6 is 11.3 Å². The molecule has 0 saturated carbocycles. The highest BCUT2D eigenvalue weighted by atomic mass is 32.3. The molecule has 69 heavy (non-hydrogen) atoms. The number of benzene rings is 1. The zero-order valence-electron chi connectivity index (χ0n) is 40.3. The maximum Gasteiger partial charge on any atom is 0.446 e. The number of thiazole rings is 1. The molecule has 0 radical (unpaired) electrons. The summed E-state index contributed by atoms with van der Waals surface area (Å²) in [6.45, 7) is 11.1. The van der Waals surface area contributed by atoms with Crippen molar-refractivity contribution in [3.63, 3.8) is 0 Å². The SMILES string of the molecule is CC[C@H](C)[C@H](NC(=O)[C@H]1CCCCN1C)C(=O)N(C)[C@H](C[C@@H](OC(C)=O)c1nc(C(=O)N[C@@H](Cc2ccc(OS(=O)(=O)O)c(NC(=O)CCCN3C(=O)C=CC3=O)c2)CC(C)C(=O)O)cs1)C(C)C. The van der Waals surface area contributed by atoms with Gasteiger partial charge in [0.05, 0.1) is 17.6 Å². The first kappa shape index (κ1) is 55.8. The number of piperidine rings is 1. The minimum Gasteiger partial charge on any atom is -0.481 e. The van der Waals surface area contributed by atoms with Crippen molar-refractivity contribution in [1.82, 2.24) is 30.3 Å². The second-order valence-electron chi connectivity index (χ2n) is 18.0. The fraction of sp³-hybridized carbons (Fsp3) is 0.587. The molecule has 380 valence electrons. The molecule has 1 saturated heterocycles. The van der Waals surface area contributed by atoms with Gasteiger partial charge in [-0.1, -0.05) is 53.5 Å². The van der Waals surface area contributed by atoms with Crippen LogP contribution in [0.4, 0.5) is 5.69 Å². The summed E-state index contributed by atoms with van der Waals surface area (Å²) >= 11 is 1.05. The Labute approximate surface area is 406 Å². The summed E-state index contributed by atoms with van der Waals surface area (Å²) in [6, 6.07) is 1.31. The van der Waals surface area contributed by atoms with E-state index in [-0.39, 0.29) is 84.7 Å². The molecule has 3 heterocycles. The van der Waals surface area contributed by atoms with E-state index in [1.165, 1.54) is 31.4 Å². The molecule has 1 fully saturated rings. The lowest BCUT2D eigenvalue weighted by Gasteiger charge is -2.38. The van der Waals surface area contributed by atoms with E-state index >= 15 is 0 Å². The van der Waals surface area contributed by atoms with Gasteiger partial charge in [-0.05, 0) is 75.2 Å². The van der Waals surface area contributed by atoms with Crippen LogP contribution in [-0.2, 0) is 55.1 Å². The number of imide groups is 1. The number of hydrogen-bond acceptors (Lipinski definition) is 15. The molecule has 0 spiro atoms. The molecular formula is C46H65N7O14S2. The third-order valence-electron chi connectivity index (χ3n) is 12.3. The quantitative estimate of drug-likeness (QED) is 0.0535. The fourth-order valence-corrected chi connectivity index (χ4v) is 9.48. The van der Waals surface area contributed by atoms with Crippen LogP contribution in [0.2, 0.25) is 0 Å². The number of carboxylic acids is 1. The number of amides is 6. The maximum absolute atomic E-state index is 14.3. The van der Waals surface area contributed by atoms with Crippen LogP contribution in [0.25, 0.3) is 0 Å². The predicted octanol–water partition coefficient (Wildman–Crippen LogP) is 3.91. The van der Waals surface area contributed by atoms with Gasteiger partial charge in [0, 0.05) is 63.0 Å². The van der Waals surface area contributed by atoms with Crippen LogP contribution < -0.4 is 20.1 Å². The predicted molar refractivity (Wildman–Crippen MR) is 253 cm³/mol. The van der Waals surface area contributed by atoms with Crippen LogP contribution in [0.5, 0.6) is 5.75 Å². The molecule has 4 rings (SSSR count). The topological polar surface area (TPSA) is 288 Å². The van der Waals surface area contributed by atoms with E-state index in [0.717, 1.165) is 53.8 Å². The average Bonchev–Trinajstić information content (AvgIpc) is 3.90. The summed E-state index contributed by atoms with van der Waals surface area (Å²) in [4.78, 5) is 112. The van der Waals surface area contributed by atoms with Crippen molar-refractivity contribution in [2.24, 2.45) is 17.8 Å². The number of aliphatic carboxylic acids is 1. The monoisotopic (exact) mass is 1000 g/mol. The molecule has 0 bridgehead atoms. The van der Waals surface area contributed by atoms with E-state index < -0.39 is 81.9 Å². The Hall–Kier alpha value is -5.78. The Morgan fingerprint density at radius 3 is 2.29 bits per heavy atom. The number of carboxylic acid groups (broad SMARTS) is 1. The molecule has 1 aromatic carbocycles. The second-order valence-corrected chi connectivity index (χ2v) is 19.9. The van der Waals surface area contributed by atoms with Gasteiger partial charge in [0.1, 0.15) is 16.7 Å². The van der Waals surface area contributed by atoms with E-state index in [2.05, 4.69) is 25.1 Å². The minimum absolute atomic E-state index is 0.0521. The largest absolute Gasteiger partial charge is 0.481 e. The molecule has 2 aliphatic heterocycles. The first-order chi connectivity index (χ1) is 32.4. The molecule has 23 heteroatoms. The summed E-state index contributed by atoms with van der Waals surface area (Å²) in [7, 11) is -1.51. The first-order valence-corrected chi connectivity index (χ1v) is 25.2. The van der Waals surface area contributed by atoms with Gasteiger partial charge in [0.25, 0.3) is 17.7 Å². The standard InChI is InChI=1S/C46H65N7O14S2/c1-9-27(4)41(50-43(59)34-13-10-11-19-51(34)7)45(60)52(8)35(26(2)3)24-37(66-29(6)54)44-49-33(25-68-44)42(58)47-31(21-28(5)46(61)62)22-30-15-16-36(67-69(63,64)65)32(23-30)48-38(55)14-12-20-53-39(56)17-18-40(53)57/h15-18,23,25-28,31,34-35,37,41H,9-14,19-22,24H2,1-8H3,(H,47,58)(H,48,55)(H,50,59)(H,61,62)(H,63,64,65)/t27-,28?,31+,34+,35+,37+,41-/m0/s1. The Bertz CT molecular complexity index is 2340. The molecular weight excluding hydrogens is 939 g/mol. The minimum atomic E-state index is -5.06. The van der Waals surface area contributed by atoms with Crippen molar-refractivity contribution in [3.8, 4) is 5.75 Å². The highest BCUT2D eigenvalue weighted by Crippen LogP contribution is 2.32.